The zero-order valence-corrected chi connectivity index (χ0v) is 10.3. The summed E-state index contributed by atoms with van der Waals surface area (Å²) in [5.74, 6) is 1.10. The van der Waals surface area contributed by atoms with E-state index in [4.69, 9.17) is 0 Å². The molecule has 0 radical (unpaired) electrons. The number of Topliss-reactive ketones (excluding diaryl/α,β-unsaturated/α-hetero) is 2. The first-order valence-corrected chi connectivity index (χ1v) is 6.90. The summed E-state index contributed by atoms with van der Waals surface area (Å²) in [6, 6.07) is 8.58. The van der Waals surface area contributed by atoms with E-state index in [9.17, 15) is 9.59 Å². The van der Waals surface area contributed by atoms with Gasteiger partial charge in [-0.2, -0.15) is 0 Å². The first kappa shape index (κ1) is 10.5. The largest absolute Gasteiger partial charge is 0.299 e. The fourth-order valence-corrected chi connectivity index (χ4v) is 4.40. The maximum absolute atomic E-state index is 12.1. The summed E-state index contributed by atoms with van der Waals surface area (Å²) in [4.78, 5) is 24.0. The molecule has 1 aromatic rings. The number of hydrogen-bond acceptors (Lipinski definition) is 2. The van der Waals surface area contributed by atoms with Crippen molar-refractivity contribution in [3.05, 3.63) is 35.4 Å². The third-order valence-corrected chi connectivity index (χ3v) is 5.24. The Hall–Kier alpha value is -1.44. The smallest absolute Gasteiger partial charge is 0.147 e. The molecule has 3 aliphatic carbocycles. The van der Waals surface area contributed by atoms with Crippen molar-refractivity contribution >= 4 is 11.6 Å². The Kier molecular flexibility index (Phi) is 2.06. The van der Waals surface area contributed by atoms with E-state index < -0.39 is 0 Å². The highest BCUT2D eigenvalue weighted by molar-refractivity contribution is 6.10. The van der Waals surface area contributed by atoms with Crippen LogP contribution in [0.15, 0.2) is 24.3 Å². The topological polar surface area (TPSA) is 34.1 Å². The van der Waals surface area contributed by atoms with Crippen LogP contribution in [0, 0.1) is 17.8 Å². The van der Waals surface area contributed by atoms with Crippen molar-refractivity contribution < 1.29 is 9.59 Å². The molecule has 4 rings (SSSR count). The summed E-state index contributed by atoms with van der Waals surface area (Å²) in [5, 5.41) is 0. The number of benzene rings is 1. The highest BCUT2D eigenvalue weighted by atomic mass is 16.2. The Morgan fingerprint density at radius 2 is 1.89 bits per heavy atom. The maximum Gasteiger partial charge on any atom is 0.147 e. The third-order valence-electron chi connectivity index (χ3n) is 5.24. The van der Waals surface area contributed by atoms with Crippen molar-refractivity contribution in [1.29, 1.82) is 0 Å². The molecule has 0 amide bonds. The number of carbonyl (C=O) groups excluding carboxylic acids is 2. The van der Waals surface area contributed by atoms with Gasteiger partial charge in [0.25, 0.3) is 0 Å². The van der Waals surface area contributed by atoms with Gasteiger partial charge in [-0.05, 0) is 42.2 Å². The Morgan fingerprint density at radius 1 is 1.06 bits per heavy atom. The Balaban J connectivity index is 1.80. The van der Waals surface area contributed by atoms with E-state index in [1.165, 1.54) is 11.1 Å². The highest BCUT2D eigenvalue weighted by Crippen LogP contribution is 2.52. The fraction of sp³-hybridized carbons (Fsp3) is 0.500. The lowest BCUT2D eigenvalue weighted by Gasteiger charge is -2.39. The molecule has 92 valence electrons. The van der Waals surface area contributed by atoms with Crippen LogP contribution in [0.4, 0.5) is 0 Å². The molecular weight excluding hydrogens is 224 g/mol. The summed E-state index contributed by atoms with van der Waals surface area (Å²) in [7, 11) is 0. The lowest BCUT2D eigenvalue weighted by Crippen LogP contribution is -2.37. The van der Waals surface area contributed by atoms with Gasteiger partial charge in [0.1, 0.15) is 11.6 Å². The van der Waals surface area contributed by atoms with Crippen molar-refractivity contribution in [2.75, 3.05) is 0 Å². The van der Waals surface area contributed by atoms with Crippen molar-refractivity contribution in [3.63, 3.8) is 0 Å². The molecule has 0 aromatic heterocycles. The van der Waals surface area contributed by atoms with E-state index in [1.807, 2.05) is 0 Å². The maximum atomic E-state index is 12.1. The molecule has 2 bridgehead atoms. The van der Waals surface area contributed by atoms with E-state index in [-0.39, 0.29) is 23.4 Å². The molecule has 0 heterocycles. The minimum absolute atomic E-state index is 0.0367. The second kappa shape index (κ2) is 3.53. The average molecular weight is 240 g/mol. The Bertz CT molecular complexity index is 546. The zero-order chi connectivity index (χ0) is 12.3. The second-order valence-electron chi connectivity index (χ2n) is 5.98. The van der Waals surface area contributed by atoms with Crippen LogP contribution in [0.3, 0.4) is 0 Å². The van der Waals surface area contributed by atoms with Crippen molar-refractivity contribution in [2.45, 2.75) is 31.6 Å². The predicted octanol–water partition coefficient (Wildman–Crippen LogP) is 2.51. The molecule has 1 aromatic carbocycles. The van der Waals surface area contributed by atoms with Crippen molar-refractivity contribution in [2.24, 2.45) is 17.8 Å². The number of aryl methyl sites for hydroxylation is 1. The van der Waals surface area contributed by atoms with Crippen LogP contribution in [0.2, 0.25) is 0 Å². The first-order chi connectivity index (χ1) is 8.75. The molecule has 2 fully saturated rings. The lowest BCUT2D eigenvalue weighted by molar-refractivity contribution is -0.131. The van der Waals surface area contributed by atoms with E-state index in [0.717, 1.165) is 19.3 Å². The highest BCUT2D eigenvalue weighted by Gasteiger charge is 2.53. The van der Waals surface area contributed by atoms with Gasteiger partial charge in [-0.1, -0.05) is 24.3 Å². The van der Waals surface area contributed by atoms with E-state index in [2.05, 4.69) is 24.3 Å². The van der Waals surface area contributed by atoms with Gasteiger partial charge in [0.05, 0.1) is 5.92 Å². The standard InChI is InChI=1S/C16H16O2/c17-15-8-13-11-6-5-9-3-1-2-4-10(9)12(11)7-14(15)16(13)18/h1-4,11-14H,5-8H2/t11-,12-,13?,14?/m1/s1. The molecule has 0 saturated heterocycles. The van der Waals surface area contributed by atoms with Crippen LogP contribution in [0.25, 0.3) is 0 Å². The number of fused-ring (bicyclic) bond motifs is 6. The number of ketones is 2. The second-order valence-corrected chi connectivity index (χ2v) is 5.98. The van der Waals surface area contributed by atoms with Crippen LogP contribution in [-0.2, 0) is 16.0 Å². The van der Waals surface area contributed by atoms with E-state index in [0.29, 0.717) is 18.3 Å². The zero-order valence-electron chi connectivity index (χ0n) is 10.3. The van der Waals surface area contributed by atoms with Crippen LogP contribution >= 0.6 is 0 Å². The molecule has 18 heavy (non-hydrogen) atoms. The number of rotatable bonds is 0. The monoisotopic (exact) mass is 240 g/mol. The SMILES string of the molecule is O=C1CC2C(=O)C1C[C@@H]1c3ccccc3CC[C@@H]21. The van der Waals surface area contributed by atoms with Crippen LogP contribution in [0.1, 0.15) is 36.3 Å². The van der Waals surface area contributed by atoms with Crippen LogP contribution < -0.4 is 0 Å². The summed E-state index contributed by atoms with van der Waals surface area (Å²) in [6.45, 7) is 0. The van der Waals surface area contributed by atoms with Gasteiger partial charge in [-0.3, -0.25) is 9.59 Å². The summed E-state index contributed by atoms with van der Waals surface area (Å²) < 4.78 is 0. The quantitative estimate of drug-likeness (QED) is 0.653. The summed E-state index contributed by atoms with van der Waals surface area (Å²) in [6.07, 6.45) is 3.45. The van der Waals surface area contributed by atoms with Gasteiger partial charge in [-0.25, -0.2) is 0 Å². The number of hydrogen-bond donors (Lipinski definition) is 0. The molecule has 0 spiro atoms. The minimum atomic E-state index is -0.276. The van der Waals surface area contributed by atoms with Gasteiger partial charge in [-0.15, -0.1) is 0 Å². The molecule has 0 aliphatic heterocycles. The lowest BCUT2D eigenvalue weighted by atomic mass is 9.63. The molecule has 2 saturated carbocycles. The van der Waals surface area contributed by atoms with Gasteiger partial charge in [0.2, 0.25) is 0 Å². The van der Waals surface area contributed by atoms with Crippen molar-refractivity contribution in [1.82, 2.24) is 0 Å². The molecule has 4 atom stereocenters. The molecule has 0 N–H and O–H groups in total. The molecule has 2 heteroatoms. The van der Waals surface area contributed by atoms with E-state index >= 15 is 0 Å². The predicted molar refractivity (Wildman–Crippen MR) is 67.2 cm³/mol. The van der Waals surface area contributed by atoms with Crippen molar-refractivity contribution in [3.8, 4) is 0 Å². The Morgan fingerprint density at radius 3 is 2.78 bits per heavy atom. The molecular formula is C16H16O2. The van der Waals surface area contributed by atoms with Gasteiger partial charge in [0, 0.05) is 12.3 Å². The Labute approximate surface area is 106 Å². The third kappa shape index (κ3) is 1.23. The van der Waals surface area contributed by atoms with Crippen LogP contribution in [-0.4, -0.2) is 11.6 Å². The minimum Gasteiger partial charge on any atom is -0.299 e. The summed E-state index contributed by atoms with van der Waals surface area (Å²) >= 11 is 0. The molecule has 2 unspecified atom stereocenters. The normalized spacial score (nSPS) is 37.3. The molecule has 2 nitrogen and oxygen atoms in total. The summed E-state index contributed by atoms with van der Waals surface area (Å²) in [5.41, 5.74) is 2.84. The van der Waals surface area contributed by atoms with Gasteiger partial charge < -0.3 is 0 Å². The van der Waals surface area contributed by atoms with Gasteiger partial charge in [0.15, 0.2) is 0 Å². The van der Waals surface area contributed by atoms with Crippen LogP contribution in [0.5, 0.6) is 0 Å². The molecule has 3 aliphatic rings. The average Bonchev–Trinajstić information content (AvgIpc) is 2.59. The van der Waals surface area contributed by atoms with E-state index in [1.54, 1.807) is 0 Å². The number of carbonyl (C=O) groups is 2. The van der Waals surface area contributed by atoms with Gasteiger partial charge >= 0.3 is 0 Å². The first-order valence-electron chi connectivity index (χ1n) is 6.90. The fourth-order valence-electron chi connectivity index (χ4n) is 4.40.